The summed E-state index contributed by atoms with van der Waals surface area (Å²) in [5.41, 5.74) is 1.25. The number of imide groups is 1. The van der Waals surface area contributed by atoms with E-state index in [1.54, 1.807) is 66.7 Å². The monoisotopic (exact) mass is 433 g/mol. The number of carbonyl (C=O) groups is 4. The summed E-state index contributed by atoms with van der Waals surface area (Å²) in [7, 11) is 0. The maximum Gasteiger partial charge on any atom is 0.327 e. The van der Waals surface area contributed by atoms with Gasteiger partial charge in [0, 0.05) is 16.1 Å². The summed E-state index contributed by atoms with van der Waals surface area (Å²) in [6.07, 6.45) is -1.25. The van der Waals surface area contributed by atoms with Gasteiger partial charge in [0.1, 0.15) is 6.54 Å². The number of nitrogens with zero attached hydrogens (tertiary/aromatic N) is 1. The number of ether oxygens (including phenoxy) is 1. The van der Waals surface area contributed by atoms with E-state index in [1.807, 2.05) is 0 Å². The van der Waals surface area contributed by atoms with Gasteiger partial charge in [0.05, 0.1) is 11.1 Å². The molecule has 0 saturated carbocycles. The normalized spacial score (nSPS) is 13.6. The zero-order valence-electron chi connectivity index (χ0n) is 16.2. The molecule has 0 fully saturated rings. The smallest absolute Gasteiger partial charge is 0.327 e. The second-order valence-corrected chi connectivity index (χ2v) is 7.33. The largest absolute Gasteiger partial charge is 0.448 e. The highest BCUT2D eigenvalue weighted by Crippen LogP contribution is 2.26. The molecule has 0 N–H and O–H groups in total. The SMILES string of the molecule is O=C(CN1C(=O)c2ccccc2C1=O)O[C@@H](C(=O)c1ccccc1)c1ccc(Cl)cc1. The minimum atomic E-state index is -1.25. The number of benzene rings is 3. The van der Waals surface area contributed by atoms with Crippen LogP contribution in [-0.4, -0.2) is 35.0 Å². The van der Waals surface area contributed by atoms with Gasteiger partial charge in [-0.25, -0.2) is 0 Å². The molecule has 0 aliphatic carbocycles. The summed E-state index contributed by atoms with van der Waals surface area (Å²) in [5, 5.41) is 0.465. The molecule has 1 heterocycles. The molecule has 7 heteroatoms. The fourth-order valence-corrected chi connectivity index (χ4v) is 3.47. The lowest BCUT2D eigenvalue weighted by molar-refractivity contribution is -0.147. The van der Waals surface area contributed by atoms with Crippen LogP contribution in [0.1, 0.15) is 42.7 Å². The zero-order chi connectivity index (χ0) is 22.0. The Morgan fingerprint density at radius 3 is 1.94 bits per heavy atom. The highest BCUT2D eigenvalue weighted by atomic mass is 35.5. The number of Topliss-reactive ketones (excluding diaryl/α,β-unsaturated/α-hetero) is 1. The summed E-state index contributed by atoms with van der Waals surface area (Å²) in [4.78, 5) is 51.6. The van der Waals surface area contributed by atoms with Gasteiger partial charge < -0.3 is 4.74 Å². The van der Waals surface area contributed by atoms with Crippen LogP contribution in [0.4, 0.5) is 0 Å². The number of carbonyl (C=O) groups excluding carboxylic acids is 4. The molecule has 154 valence electrons. The lowest BCUT2D eigenvalue weighted by atomic mass is 10.00. The predicted octanol–water partition coefficient (Wildman–Crippen LogP) is 4.10. The van der Waals surface area contributed by atoms with Crippen LogP contribution in [0.3, 0.4) is 0 Å². The van der Waals surface area contributed by atoms with Gasteiger partial charge in [-0.1, -0.05) is 66.2 Å². The van der Waals surface area contributed by atoms with Crippen LogP contribution in [0.25, 0.3) is 0 Å². The molecule has 0 bridgehead atoms. The first-order chi connectivity index (χ1) is 15.0. The highest BCUT2D eigenvalue weighted by Gasteiger charge is 2.37. The van der Waals surface area contributed by atoms with E-state index in [1.165, 1.54) is 12.1 Å². The summed E-state index contributed by atoms with van der Waals surface area (Å²) < 4.78 is 5.47. The van der Waals surface area contributed by atoms with E-state index < -0.39 is 36.2 Å². The van der Waals surface area contributed by atoms with Gasteiger partial charge in [-0.3, -0.25) is 24.1 Å². The van der Waals surface area contributed by atoms with E-state index in [0.29, 0.717) is 16.1 Å². The van der Waals surface area contributed by atoms with E-state index in [0.717, 1.165) is 4.90 Å². The summed E-state index contributed by atoms with van der Waals surface area (Å²) >= 11 is 5.93. The minimum absolute atomic E-state index is 0.231. The third-order valence-electron chi connectivity index (χ3n) is 4.88. The summed E-state index contributed by atoms with van der Waals surface area (Å²) in [6, 6.07) is 21.1. The molecule has 0 unspecified atom stereocenters. The molecule has 0 saturated heterocycles. The van der Waals surface area contributed by atoms with Gasteiger partial charge in [-0.15, -0.1) is 0 Å². The van der Waals surface area contributed by atoms with E-state index >= 15 is 0 Å². The Labute approximate surface area is 183 Å². The van der Waals surface area contributed by atoms with Gasteiger partial charge in [-0.2, -0.15) is 0 Å². The predicted molar refractivity (Wildman–Crippen MR) is 113 cm³/mol. The molecule has 1 aliphatic heterocycles. The maximum atomic E-state index is 13.1. The Hall–Kier alpha value is -3.77. The molecule has 2 amide bonds. The molecule has 1 atom stereocenters. The second-order valence-electron chi connectivity index (χ2n) is 6.89. The molecule has 6 nitrogen and oxygen atoms in total. The van der Waals surface area contributed by atoms with Crippen LogP contribution in [0.2, 0.25) is 5.02 Å². The lowest BCUT2D eigenvalue weighted by Crippen LogP contribution is -2.36. The molecule has 31 heavy (non-hydrogen) atoms. The third kappa shape index (κ3) is 4.11. The highest BCUT2D eigenvalue weighted by molar-refractivity contribution is 6.30. The number of esters is 1. The number of hydrogen-bond donors (Lipinski definition) is 0. The number of halogens is 1. The van der Waals surface area contributed by atoms with Crippen molar-refractivity contribution in [2.24, 2.45) is 0 Å². The number of rotatable bonds is 6. The Morgan fingerprint density at radius 1 is 0.806 bits per heavy atom. The van der Waals surface area contributed by atoms with Crippen LogP contribution >= 0.6 is 11.6 Å². The van der Waals surface area contributed by atoms with Crippen LogP contribution in [0.5, 0.6) is 0 Å². The Kier molecular flexibility index (Phi) is 5.64. The van der Waals surface area contributed by atoms with Crippen molar-refractivity contribution in [3.8, 4) is 0 Å². The molecule has 0 radical (unpaired) electrons. The molecular formula is C24H16ClNO5. The number of amides is 2. The third-order valence-corrected chi connectivity index (χ3v) is 5.14. The first-order valence-electron chi connectivity index (χ1n) is 9.45. The van der Waals surface area contributed by atoms with Crippen molar-refractivity contribution in [2.75, 3.05) is 6.54 Å². The average Bonchev–Trinajstić information content (AvgIpc) is 3.03. The first kappa shape index (κ1) is 20.5. The van der Waals surface area contributed by atoms with Crippen LogP contribution < -0.4 is 0 Å². The first-order valence-corrected chi connectivity index (χ1v) is 9.83. The van der Waals surface area contributed by atoms with Crippen molar-refractivity contribution in [1.82, 2.24) is 4.90 Å². The van der Waals surface area contributed by atoms with Gasteiger partial charge >= 0.3 is 5.97 Å². The van der Waals surface area contributed by atoms with E-state index in [-0.39, 0.29) is 11.1 Å². The van der Waals surface area contributed by atoms with Crippen molar-refractivity contribution in [2.45, 2.75) is 6.10 Å². The van der Waals surface area contributed by atoms with E-state index in [4.69, 9.17) is 16.3 Å². The standard InChI is InChI=1S/C24H16ClNO5/c25-17-12-10-16(11-13-17)22(21(28)15-6-2-1-3-7-15)31-20(27)14-26-23(29)18-8-4-5-9-19(18)24(26)30/h1-13,22H,14H2/t22-/m1/s1. The van der Waals surface area contributed by atoms with E-state index in [2.05, 4.69) is 0 Å². The van der Waals surface area contributed by atoms with E-state index in [9.17, 15) is 19.2 Å². The second kappa shape index (κ2) is 8.53. The fraction of sp³-hybridized carbons (Fsp3) is 0.0833. The number of fused-ring (bicyclic) bond motifs is 1. The summed E-state index contributed by atoms with van der Waals surface area (Å²) in [6.45, 7) is -0.599. The Bertz CT molecular complexity index is 1140. The quantitative estimate of drug-likeness (QED) is 0.332. The average molecular weight is 434 g/mol. The fourth-order valence-electron chi connectivity index (χ4n) is 3.34. The maximum absolute atomic E-state index is 13.1. The molecule has 4 rings (SSSR count). The molecule has 0 aromatic heterocycles. The Morgan fingerprint density at radius 2 is 1.35 bits per heavy atom. The minimum Gasteiger partial charge on any atom is -0.448 e. The molecular weight excluding hydrogens is 418 g/mol. The van der Waals surface area contributed by atoms with Gasteiger partial charge in [0.25, 0.3) is 11.8 Å². The molecule has 3 aromatic carbocycles. The molecule has 3 aromatic rings. The van der Waals surface area contributed by atoms with Crippen molar-refractivity contribution in [1.29, 1.82) is 0 Å². The molecule has 1 aliphatic rings. The van der Waals surface area contributed by atoms with Gasteiger partial charge in [0.15, 0.2) is 6.10 Å². The van der Waals surface area contributed by atoms with Crippen molar-refractivity contribution < 1.29 is 23.9 Å². The van der Waals surface area contributed by atoms with Crippen molar-refractivity contribution in [3.63, 3.8) is 0 Å². The molecule has 0 spiro atoms. The van der Waals surface area contributed by atoms with Crippen molar-refractivity contribution >= 4 is 35.2 Å². The number of ketones is 1. The van der Waals surface area contributed by atoms with Crippen molar-refractivity contribution in [3.05, 3.63) is 106 Å². The summed E-state index contributed by atoms with van der Waals surface area (Å²) in [5.74, 6) is -2.46. The van der Waals surface area contributed by atoms with Crippen LogP contribution in [0.15, 0.2) is 78.9 Å². The zero-order valence-corrected chi connectivity index (χ0v) is 16.9. The lowest BCUT2D eigenvalue weighted by Gasteiger charge is -2.19. The van der Waals surface area contributed by atoms with Crippen LogP contribution in [-0.2, 0) is 9.53 Å². The van der Waals surface area contributed by atoms with Crippen LogP contribution in [0, 0.1) is 0 Å². The number of hydrogen-bond acceptors (Lipinski definition) is 5. The Balaban J connectivity index is 1.56. The van der Waals surface area contributed by atoms with Gasteiger partial charge in [-0.05, 0) is 24.3 Å². The van der Waals surface area contributed by atoms with Gasteiger partial charge in [0.2, 0.25) is 5.78 Å². The topological polar surface area (TPSA) is 80.8 Å².